The number of hydrogen-bond acceptors (Lipinski definition) is 3. The summed E-state index contributed by atoms with van der Waals surface area (Å²) >= 11 is 5.34. The largest absolute Gasteiger partial charge is 0.399 e. The summed E-state index contributed by atoms with van der Waals surface area (Å²) in [5, 5.41) is 0. The molecule has 0 bridgehead atoms. The van der Waals surface area contributed by atoms with Crippen molar-refractivity contribution in [3.8, 4) is 0 Å². The number of hydrogen-bond donors (Lipinski definition) is 1. The quantitative estimate of drug-likeness (QED) is 0.690. The van der Waals surface area contributed by atoms with Gasteiger partial charge in [-0.05, 0) is 52.2 Å². The minimum atomic E-state index is 0.786. The third kappa shape index (κ3) is 3.75. The highest BCUT2D eigenvalue weighted by molar-refractivity contribution is 9.10. The van der Waals surface area contributed by atoms with Crippen molar-refractivity contribution in [2.75, 3.05) is 11.5 Å². The lowest BCUT2D eigenvalue weighted by Gasteiger charge is -2.05. The molecular formula is C13H13BrN2S. The molecule has 1 aromatic heterocycles. The third-order valence-electron chi connectivity index (χ3n) is 2.33. The lowest BCUT2D eigenvalue weighted by atomic mass is 10.2. The van der Waals surface area contributed by atoms with E-state index in [1.807, 2.05) is 42.2 Å². The molecular weight excluding hydrogens is 296 g/mol. The van der Waals surface area contributed by atoms with E-state index in [-0.39, 0.29) is 0 Å². The molecule has 1 aromatic carbocycles. The van der Waals surface area contributed by atoms with Gasteiger partial charge < -0.3 is 5.73 Å². The monoisotopic (exact) mass is 308 g/mol. The fourth-order valence-corrected chi connectivity index (χ4v) is 3.12. The molecule has 0 unspecified atom stereocenters. The second-order valence-electron chi connectivity index (χ2n) is 3.65. The third-order valence-corrected chi connectivity index (χ3v) is 4.32. The van der Waals surface area contributed by atoms with Crippen LogP contribution >= 0.6 is 27.7 Å². The van der Waals surface area contributed by atoms with Gasteiger partial charge in [-0.1, -0.05) is 6.07 Å². The predicted octanol–water partition coefficient (Wildman–Crippen LogP) is 3.76. The summed E-state index contributed by atoms with van der Waals surface area (Å²) in [6.45, 7) is 0. The highest BCUT2D eigenvalue weighted by atomic mass is 79.9. The van der Waals surface area contributed by atoms with Crippen molar-refractivity contribution < 1.29 is 0 Å². The number of rotatable bonds is 4. The molecule has 2 nitrogen and oxygen atoms in total. The van der Waals surface area contributed by atoms with E-state index < -0.39 is 0 Å². The first-order chi connectivity index (χ1) is 8.25. The van der Waals surface area contributed by atoms with Crippen LogP contribution in [0.5, 0.6) is 0 Å². The fourth-order valence-electron chi connectivity index (χ4n) is 1.46. The number of aromatic nitrogens is 1. The lowest BCUT2D eigenvalue weighted by Crippen LogP contribution is -1.90. The fraction of sp³-hybridized carbons (Fsp3) is 0.154. The second-order valence-corrected chi connectivity index (χ2v) is 5.64. The van der Waals surface area contributed by atoms with E-state index in [0.717, 1.165) is 22.3 Å². The maximum Gasteiger partial charge on any atom is 0.0331 e. The Morgan fingerprint density at radius 1 is 1.29 bits per heavy atom. The summed E-state index contributed by atoms with van der Waals surface area (Å²) in [7, 11) is 0. The number of aryl methyl sites for hydroxylation is 1. The van der Waals surface area contributed by atoms with Crippen molar-refractivity contribution in [1.82, 2.24) is 4.98 Å². The molecule has 2 aromatic rings. The Morgan fingerprint density at radius 3 is 2.88 bits per heavy atom. The Hall–Kier alpha value is -1.00. The highest BCUT2D eigenvalue weighted by Gasteiger charge is 2.01. The van der Waals surface area contributed by atoms with Crippen molar-refractivity contribution in [1.29, 1.82) is 0 Å². The first-order valence-corrected chi connectivity index (χ1v) is 7.10. The number of thioether (sulfide) groups is 1. The van der Waals surface area contributed by atoms with Crippen LogP contribution in [0.4, 0.5) is 5.69 Å². The number of anilines is 1. The molecule has 0 aliphatic carbocycles. The first kappa shape index (κ1) is 12.5. The molecule has 0 aliphatic rings. The standard InChI is InChI=1S/C13H13BrN2S/c14-12-8-11(15)3-4-13(12)17-7-5-10-2-1-6-16-9-10/h1-4,6,8-9H,5,7,15H2. The summed E-state index contributed by atoms with van der Waals surface area (Å²) in [5.41, 5.74) is 7.76. The van der Waals surface area contributed by atoms with Crippen molar-refractivity contribution in [3.63, 3.8) is 0 Å². The molecule has 88 valence electrons. The van der Waals surface area contributed by atoms with Gasteiger partial charge in [0.1, 0.15) is 0 Å². The second kappa shape index (κ2) is 6.07. The van der Waals surface area contributed by atoms with Gasteiger partial charge in [0.15, 0.2) is 0 Å². The average molecular weight is 309 g/mol. The van der Waals surface area contributed by atoms with Gasteiger partial charge in [0, 0.05) is 33.2 Å². The number of nitrogens with zero attached hydrogens (tertiary/aromatic N) is 1. The number of benzene rings is 1. The van der Waals surface area contributed by atoms with Crippen molar-refractivity contribution >= 4 is 33.4 Å². The SMILES string of the molecule is Nc1ccc(SCCc2cccnc2)c(Br)c1. The minimum absolute atomic E-state index is 0.786. The first-order valence-electron chi connectivity index (χ1n) is 5.32. The smallest absolute Gasteiger partial charge is 0.0331 e. The van der Waals surface area contributed by atoms with Gasteiger partial charge in [-0.25, -0.2) is 0 Å². The average Bonchev–Trinajstić information content (AvgIpc) is 2.33. The van der Waals surface area contributed by atoms with Crippen LogP contribution in [-0.4, -0.2) is 10.7 Å². The predicted molar refractivity (Wildman–Crippen MR) is 77.2 cm³/mol. The zero-order valence-electron chi connectivity index (χ0n) is 9.27. The molecule has 2 rings (SSSR count). The molecule has 2 N–H and O–H groups in total. The highest BCUT2D eigenvalue weighted by Crippen LogP contribution is 2.29. The van der Waals surface area contributed by atoms with Crippen LogP contribution in [0, 0.1) is 0 Å². The molecule has 0 fully saturated rings. The van der Waals surface area contributed by atoms with Crippen LogP contribution in [0.2, 0.25) is 0 Å². The Labute approximate surface area is 114 Å². The van der Waals surface area contributed by atoms with Gasteiger partial charge in [0.2, 0.25) is 0 Å². The van der Waals surface area contributed by atoms with Crippen LogP contribution in [0.15, 0.2) is 52.1 Å². The molecule has 0 aliphatic heterocycles. The van der Waals surface area contributed by atoms with Crippen LogP contribution in [0.3, 0.4) is 0 Å². The van der Waals surface area contributed by atoms with E-state index in [4.69, 9.17) is 5.73 Å². The Kier molecular flexibility index (Phi) is 4.45. The molecule has 4 heteroatoms. The van der Waals surface area contributed by atoms with E-state index in [0.29, 0.717) is 0 Å². The maximum absolute atomic E-state index is 5.70. The van der Waals surface area contributed by atoms with Gasteiger partial charge in [-0.15, -0.1) is 11.8 Å². The summed E-state index contributed by atoms with van der Waals surface area (Å²) in [6.07, 6.45) is 4.74. The molecule has 0 amide bonds. The van der Waals surface area contributed by atoms with E-state index in [2.05, 4.69) is 27.0 Å². The van der Waals surface area contributed by atoms with Gasteiger partial charge >= 0.3 is 0 Å². The summed E-state index contributed by atoms with van der Waals surface area (Å²) < 4.78 is 1.06. The number of pyridine rings is 1. The normalized spacial score (nSPS) is 10.4. The van der Waals surface area contributed by atoms with Gasteiger partial charge in [-0.2, -0.15) is 0 Å². The van der Waals surface area contributed by atoms with Crippen LogP contribution in [-0.2, 0) is 6.42 Å². The van der Waals surface area contributed by atoms with Crippen LogP contribution in [0.1, 0.15) is 5.56 Å². The molecule has 0 saturated carbocycles. The lowest BCUT2D eigenvalue weighted by molar-refractivity contribution is 1.11. The van der Waals surface area contributed by atoms with Crippen molar-refractivity contribution in [3.05, 3.63) is 52.8 Å². The maximum atomic E-state index is 5.70. The number of nitrogen functional groups attached to an aromatic ring is 1. The van der Waals surface area contributed by atoms with E-state index in [9.17, 15) is 0 Å². The van der Waals surface area contributed by atoms with E-state index in [1.54, 1.807) is 6.20 Å². The topological polar surface area (TPSA) is 38.9 Å². The molecule has 0 spiro atoms. The zero-order chi connectivity index (χ0) is 12.1. The van der Waals surface area contributed by atoms with Gasteiger partial charge in [0.05, 0.1) is 0 Å². The summed E-state index contributed by atoms with van der Waals surface area (Å²) in [4.78, 5) is 5.33. The Morgan fingerprint density at radius 2 is 2.18 bits per heavy atom. The zero-order valence-corrected chi connectivity index (χ0v) is 11.7. The van der Waals surface area contributed by atoms with Crippen molar-refractivity contribution in [2.24, 2.45) is 0 Å². The molecule has 1 heterocycles. The molecule has 17 heavy (non-hydrogen) atoms. The van der Waals surface area contributed by atoms with Gasteiger partial charge in [-0.3, -0.25) is 4.98 Å². The van der Waals surface area contributed by atoms with Crippen LogP contribution in [0.25, 0.3) is 0 Å². The van der Waals surface area contributed by atoms with E-state index >= 15 is 0 Å². The minimum Gasteiger partial charge on any atom is -0.399 e. The number of halogens is 1. The van der Waals surface area contributed by atoms with Crippen LogP contribution < -0.4 is 5.73 Å². The summed E-state index contributed by atoms with van der Waals surface area (Å²) in [6, 6.07) is 9.99. The molecule has 0 radical (unpaired) electrons. The Balaban J connectivity index is 1.90. The molecule has 0 saturated heterocycles. The van der Waals surface area contributed by atoms with Crippen molar-refractivity contribution in [2.45, 2.75) is 11.3 Å². The molecule has 0 atom stereocenters. The van der Waals surface area contributed by atoms with E-state index in [1.165, 1.54) is 10.5 Å². The Bertz CT molecular complexity index is 488. The van der Waals surface area contributed by atoms with Gasteiger partial charge in [0.25, 0.3) is 0 Å². The summed E-state index contributed by atoms with van der Waals surface area (Å²) in [5.74, 6) is 1.04. The number of nitrogens with two attached hydrogens (primary N) is 1.